The van der Waals surface area contributed by atoms with Crippen LogP contribution in [0.3, 0.4) is 0 Å². The molecule has 96 valence electrons. The number of piperidine rings is 1. The molecular formula is C13H23N3O. The standard InChI is InChI=1S/C13H23N3O/c1-2-3-11-4-6-16(7-5-11)10-13-8-12(9-14)15-17-13/h8,11H,2-7,9-10,14H2,1H3. The van der Waals surface area contributed by atoms with E-state index in [4.69, 9.17) is 10.3 Å². The highest BCUT2D eigenvalue weighted by Crippen LogP contribution is 2.22. The molecule has 1 aliphatic heterocycles. The number of hydrogen-bond donors (Lipinski definition) is 1. The van der Waals surface area contributed by atoms with E-state index in [9.17, 15) is 0 Å². The molecule has 0 atom stereocenters. The number of aromatic nitrogens is 1. The Bertz CT molecular complexity index is 329. The van der Waals surface area contributed by atoms with E-state index in [0.717, 1.165) is 23.9 Å². The highest BCUT2D eigenvalue weighted by Gasteiger charge is 2.19. The van der Waals surface area contributed by atoms with Gasteiger partial charge in [0, 0.05) is 12.6 Å². The molecule has 0 bridgehead atoms. The van der Waals surface area contributed by atoms with Gasteiger partial charge in [-0.25, -0.2) is 0 Å². The Balaban J connectivity index is 1.77. The van der Waals surface area contributed by atoms with E-state index in [1.54, 1.807) is 0 Å². The van der Waals surface area contributed by atoms with E-state index in [0.29, 0.717) is 6.54 Å². The van der Waals surface area contributed by atoms with Gasteiger partial charge in [-0.2, -0.15) is 0 Å². The van der Waals surface area contributed by atoms with Crippen molar-refractivity contribution < 1.29 is 4.52 Å². The molecule has 2 heterocycles. The molecule has 1 aromatic rings. The molecule has 2 rings (SSSR count). The van der Waals surface area contributed by atoms with Crippen LogP contribution in [0.15, 0.2) is 10.6 Å². The van der Waals surface area contributed by atoms with Gasteiger partial charge in [0.05, 0.1) is 12.2 Å². The van der Waals surface area contributed by atoms with Crippen molar-refractivity contribution in [1.29, 1.82) is 0 Å². The molecule has 0 aliphatic carbocycles. The zero-order valence-electron chi connectivity index (χ0n) is 10.7. The fourth-order valence-electron chi connectivity index (χ4n) is 2.59. The summed E-state index contributed by atoms with van der Waals surface area (Å²) in [6.45, 7) is 5.98. The lowest BCUT2D eigenvalue weighted by Crippen LogP contribution is -2.33. The molecule has 1 aliphatic rings. The number of nitrogens with two attached hydrogens (primary N) is 1. The quantitative estimate of drug-likeness (QED) is 0.852. The second kappa shape index (κ2) is 6.17. The minimum atomic E-state index is 0.460. The van der Waals surface area contributed by atoms with Crippen LogP contribution in [0, 0.1) is 5.92 Å². The summed E-state index contributed by atoms with van der Waals surface area (Å²) in [6, 6.07) is 1.97. The maximum Gasteiger partial charge on any atom is 0.151 e. The van der Waals surface area contributed by atoms with Crippen LogP contribution in [0.2, 0.25) is 0 Å². The van der Waals surface area contributed by atoms with Crippen LogP contribution in [0.1, 0.15) is 44.1 Å². The van der Waals surface area contributed by atoms with E-state index in [1.165, 1.54) is 38.8 Å². The summed E-state index contributed by atoms with van der Waals surface area (Å²) in [4.78, 5) is 2.45. The second-order valence-electron chi connectivity index (χ2n) is 5.00. The lowest BCUT2D eigenvalue weighted by molar-refractivity contribution is 0.157. The maximum absolute atomic E-state index is 5.51. The van der Waals surface area contributed by atoms with Crippen molar-refractivity contribution in [2.45, 2.75) is 45.7 Å². The number of rotatable bonds is 5. The molecule has 0 spiro atoms. The lowest BCUT2D eigenvalue weighted by Gasteiger charge is -2.30. The lowest BCUT2D eigenvalue weighted by atomic mass is 9.92. The van der Waals surface area contributed by atoms with Gasteiger partial charge in [-0.05, 0) is 31.8 Å². The van der Waals surface area contributed by atoms with Crippen LogP contribution in [0.4, 0.5) is 0 Å². The minimum absolute atomic E-state index is 0.460. The van der Waals surface area contributed by atoms with E-state index >= 15 is 0 Å². The van der Waals surface area contributed by atoms with Crippen molar-refractivity contribution in [3.05, 3.63) is 17.5 Å². The van der Waals surface area contributed by atoms with Gasteiger partial charge in [-0.3, -0.25) is 4.90 Å². The Morgan fingerprint density at radius 2 is 2.24 bits per heavy atom. The molecule has 17 heavy (non-hydrogen) atoms. The Labute approximate surface area is 103 Å². The molecule has 0 aromatic carbocycles. The fraction of sp³-hybridized carbons (Fsp3) is 0.769. The van der Waals surface area contributed by atoms with Gasteiger partial charge in [-0.15, -0.1) is 0 Å². The van der Waals surface area contributed by atoms with E-state index in [2.05, 4.69) is 17.0 Å². The summed E-state index contributed by atoms with van der Waals surface area (Å²) in [5, 5.41) is 3.92. The highest BCUT2D eigenvalue weighted by atomic mass is 16.5. The molecule has 4 nitrogen and oxygen atoms in total. The summed E-state index contributed by atoms with van der Waals surface area (Å²) in [5.74, 6) is 1.88. The summed E-state index contributed by atoms with van der Waals surface area (Å²) >= 11 is 0. The Morgan fingerprint density at radius 3 is 2.82 bits per heavy atom. The Hall–Kier alpha value is -0.870. The summed E-state index contributed by atoms with van der Waals surface area (Å²) in [7, 11) is 0. The molecule has 2 N–H and O–H groups in total. The molecule has 1 fully saturated rings. The fourth-order valence-corrected chi connectivity index (χ4v) is 2.59. The Morgan fingerprint density at radius 1 is 1.47 bits per heavy atom. The number of likely N-dealkylation sites (tertiary alicyclic amines) is 1. The predicted octanol–water partition coefficient (Wildman–Crippen LogP) is 2.15. The largest absolute Gasteiger partial charge is 0.360 e. The number of nitrogens with zero attached hydrogens (tertiary/aromatic N) is 2. The normalized spacial score (nSPS) is 18.7. The summed E-state index contributed by atoms with van der Waals surface area (Å²) < 4.78 is 5.26. The summed E-state index contributed by atoms with van der Waals surface area (Å²) in [6.07, 6.45) is 5.34. The first-order chi connectivity index (χ1) is 8.31. The van der Waals surface area contributed by atoms with Crippen molar-refractivity contribution in [1.82, 2.24) is 10.1 Å². The minimum Gasteiger partial charge on any atom is -0.360 e. The summed E-state index contributed by atoms with van der Waals surface area (Å²) in [5.41, 5.74) is 6.36. The van der Waals surface area contributed by atoms with Crippen LogP contribution in [0.25, 0.3) is 0 Å². The van der Waals surface area contributed by atoms with Crippen molar-refractivity contribution >= 4 is 0 Å². The van der Waals surface area contributed by atoms with Crippen molar-refractivity contribution in [2.75, 3.05) is 13.1 Å². The SMILES string of the molecule is CCCC1CCN(Cc2cc(CN)no2)CC1. The Kier molecular flexibility index (Phi) is 4.57. The van der Waals surface area contributed by atoms with Crippen LogP contribution in [0.5, 0.6) is 0 Å². The molecule has 0 saturated carbocycles. The van der Waals surface area contributed by atoms with E-state index in [-0.39, 0.29) is 0 Å². The smallest absolute Gasteiger partial charge is 0.151 e. The third-order valence-corrected chi connectivity index (χ3v) is 3.60. The molecule has 0 amide bonds. The van der Waals surface area contributed by atoms with Crippen LogP contribution in [-0.4, -0.2) is 23.1 Å². The third kappa shape index (κ3) is 3.54. The van der Waals surface area contributed by atoms with Crippen LogP contribution >= 0.6 is 0 Å². The predicted molar refractivity (Wildman–Crippen MR) is 67.3 cm³/mol. The van der Waals surface area contributed by atoms with E-state index < -0.39 is 0 Å². The molecule has 1 aromatic heterocycles. The van der Waals surface area contributed by atoms with Crippen LogP contribution in [-0.2, 0) is 13.1 Å². The van der Waals surface area contributed by atoms with Gasteiger partial charge >= 0.3 is 0 Å². The molecule has 1 saturated heterocycles. The van der Waals surface area contributed by atoms with Crippen molar-refractivity contribution in [2.24, 2.45) is 11.7 Å². The maximum atomic E-state index is 5.51. The average Bonchev–Trinajstić information content (AvgIpc) is 2.80. The van der Waals surface area contributed by atoms with Gasteiger partial charge < -0.3 is 10.3 Å². The average molecular weight is 237 g/mol. The topological polar surface area (TPSA) is 55.3 Å². The van der Waals surface area contributed by atoms with Crippen molar-refractivity contribution in [3.63, 3.8) is 0 Å². The van der Waals surface area contributed by atoms with Gasteiger partial charge in [0.25, 0.3) is 0 Å². The molecule has 0 radical (unpaired) electrons. The third-order valence-electron chi connectivity index (χ3n) is 3.60. The first-order valence-electron chi connectivity index (χ1n) is 6.68. The van der Waals surface area contributed by atoms with Crippen LogP contribution < -0.4 is 5.73 Å². The first kappa shape index (κ1) is 12.6. The highest BCUT2D eigenvalue weighted by molar-refractivity contribution is 5.04. The van der Waals surface area contributed by atoms with Gasteiger partial charge in [0.2, 0.25) is 0 Å². The second-order valence-corrected chi connectivity index (χ2v) is 5.00. The first-order valence-corrected chi connectivity index (χ1v) is 6.68. The van der Waals surface area contributed by atoms with Crippen molar-refractivity contribution in [3.8, 4) is 0 Å². The van der Waals surface area contributed by atoms with Gasteiger partial charge in [0.15, 0.2) is 5.76 Å². The van der Waals surface area contributed by atoms with Gasteiger partial charge in [-0.1, -0.05) is 24.9 Å². The molecule has 0 unspecified atom stereocenters. The molecular weight excluding hydrogens is 214 g/mol. The monoisotopic (exact) mass is 237 g/mol. The zero-order valence-corrected chi connectivity index (χ0v) is 10.7. The molecule has 4 heteroatoms. The van der Waals surface area contributed by atoms with Gasteiger partial charge in [0.1, 0.15) is 0 Å². The number of hydrogen-bond acceptors (Lipinski definition) is 4. The zero-order chi connectivity index (χ0) is 12.1. The van der Waals surface area contributed by atoms with E-state index in [1.807, 2.05) is 6.07 Å².